The molecular weight excluding hydrogens is 362 g/mol. The fourth-order valence-corrected chi connectivity index (χ4v) is 2.68. The number of aromatic amines is 1. The molecule has 6 N–H and O–H groups in total. The van der Waals surface area contributed by atoms with Crippen LogP contribution >= 0.6 is 0 Å². The van der Waals surface area contributed by atoms with Gasteiger partial charge in [0.05, 0.1) is 0 Å². The van der Waals surface area contributed by atoms with Crippen LogP contribution in [-0.4, -0.2) is 40.6 Å². The van der Waals surface area contributed by atoms with Gasteiger partial charge < -0.3 is 20.4 Å². The van der Waals surface area contributed by atoms with Gasteiger partial charge in [0.1, 0.15) is 17.7 Å². The molecule has 1 heterocycles. The van der Waals surface area contributed by atoms with Gasteiger partial charge in [-0.05, 0) is 39.3 Å². The topological polar surface area (TPSA) is 138 Å². The van der Waals surface area contributed by atoms with Crippen LogP contribution in [0.15, 0.2) is 30.5 Å². The van der Waals surface area contributed by atoms with Gasteiger partial charge in [-0.3, -0.25) is 15.0 Å². The fraction of sp³-hybridized carbons (Fsp3) is 0.421. The maximum Gasteiger partial charge on any atom is 0.408 e. The highest BCUT2D eigenvalue weighted by Gasteiger charge is 2.27. The Hall–Kier alpha value is -3.07. The van der Waals surface area contributed by atoms with Crippen molar-refractivity contribution in [2.24, 2.45) is 5.84 Å². The summed E-state index contributed by atoms with van der Waals surface area (Å²) in [5.74, 6) is 4.04. The van der Waals surface area contributed by atoms with Crippen molar-refractivity contribution in [2.45, 2.75) is 51.8 Å². The quantitative estimate of drug-likeness (QED) is 0.286. The van der Waals surface area contributed by atoms with E-state index in [0.717, 1.165) is 16.5 Å². The monoisotopic (exact) mass is 389 g/mol. The third-order valence-corrected chi connectivity index (χ3v) is 4.00. The van der Waals surface area contributed by atoms with Crippen molar-refractivity contribution in [2.75, 3.05) is 0 Å². The molecule has 9 heteroatoms. The Morgan fingerprint density at radius 2 is 1.82 bits per heavy atom. The van der Waals surface area contributed by atoms with E-state index < -0.39 is 35.6 Å². The van der Waals surface area contributed by atoms with Crippen LogP contribution in [-0.2, 0) is 20.7 Å². The first-order valence-corrected chi connectivity index (χ1v) is 8.96. The van der Waals surface area contributed by atoms with Gasteiger partial charge in [0.2, 0.25) is 5.91 Å². The standard InChI is InChI=1S/C19H27N5O4/c1-11(16(25)24-20)22-17(26)15(23-18(27)28-19(2,3)4)9-12-10-21-14-8-6-5-7-13(12)14/h5-8,10-11,15,21H,9,20H2,1-4H3,(H,22,26)(H,23,27)(H,24,25). The Kier molecular flexibility index (Phi) is 6.63. The average Bonchev–Trinajstić information content (AvgIpc) is 3.01. The molecule has 0 fully saturated rings. The minimum Gasteiger partial charge on any atom is -0.444 e. The number of fused-ring (bicyclic) bond motifs is 1. The van der Waals surface area contributed by atoms with Gasteiger partial charge in [-0.15, -0.1) is 0 Å². The van der Waals surface area contributed by atoms with Gasteiger partial charge in [0.25, 0.3) is 5.91 Å². The van der Waals surface area contributed by atoms with Gasteiger partial charge in [-0.2, -0.15) is 0 Å². The zero-order chi connectivity index (χ0) is 20.9. The number of aromatic nitrogens is 1. The highest BCUT2D eigenvalue weighted by atomic mass is 16.6. The molecule has 0 saturated carbocycles. The van der Waals surface area contributed by atoms with Crippen molar-refractivity contribution in [3.63, 3.8) is 0 Å². The minimum atomic E-state index is -0.943. The van der Waals surface area contributed by atoms with Crippen molar-refractivity contribution in [1.82, 2.24) is 21.0 Å². The second-order valence-corrected chi connectivity index (χ2v) is 7.50. The molecule has 2 rings (SSSR count). The number of benzene rings is 1. The average molecular weight is 389 g/mol. The van der Waals surface area contributed by atoms with Gasteiger partial charge in [-0.1, -0.05) is 18.2 Å². The van der Waals surface area contributed by atoms with E-state index in [9.17, 15) is 14.4 Å². The Morgan fingerprint density at radius 3 is 2.46 bits per heavy atom. The lowest BCUT2D eigenvalue weighted by molar-refractivity contribution is -0.129. The summed E-state index contributed by atoms with van der Waals surface area (Å²) in [5, 5.41) is 6.08. The highest BCUT2D eigenvalue weighted by molar-refractivity contribution is 5.92. The highest BCUT2D eigenvalue weighted by Crippen LogP contribution is 2.19. The van der Waals surface area contributed by atoms with Crippen molar-refractivity contribution in [1.29, 1.82) is 0 Å². The molecule has 152 valence electrons. The zero-order valence-corrected chi connectivity index (χ0v) is 16.5. The van der Waals surface area contributed by atoms with Crippen LogP contribution in [0.3, 0.4) is 0 Å². The van der Waals surface area contributed by atoms with Crippen molar-refractivity contribution in [3.05, 3.63) is 36.0 Å². The predicted molar refractivity (Wildman–Crippen MR) is 105 cm³/mol. The number of carbonyl (C=O) groups is 3. The van der Waals surface area contributed by atoms with E-state index in [0.29, 0.717) is 0 Å². The molecule has 0 bridgehead atoms. The molecule has 1 aromatic carbocycles. The first-order valence-electron chi connectivity index (χ1n) is 8.96. The number of H-pyrrole nitrogens is 1. The normalized spacial score (nSPS) is 13.5. The Bertz CT molecular complexity index is 855. The van der Waals surface area contributed by atoms with Crippen molar-refractivity contribution in [3.8, 4) is 0 Å². The van der Waals surface area contributed by atoms with Crippen LogP contribution < -0.4 is 21.9 Å². The maximum atomic E-state index is 12.7. The smallest absolute Gasteiger partial charge is 0.408 e. The summed E-state index contributed by atoms with van der Waals surface area (Å²) >= 11 is 0. The second kappa shape index (κ2) is 8.75. The maximum absolute atomic E-state index is 12.7. The number of hydrogen-bond donors (Lipinski definition) is 5. The summed E-state index contributed by atoms with van der Waals surface area (Å²) in [7, 11) is 0. The van der Waals surface area contributed by atoms with E-state index >= 15 is 0 Å². The van der Waals surface area contributed by atoms with Crippen LogP contribution in [0.5, 0.6) is 0 Å². The third-order valence-electron chi connectivity index (χ3n) is 4.00. The summed E-state index contributed by atoms with van der Waals surface area (Å²) in [6.07, 6.45) is 1.28. The van der Waals surface area contributed by atoms with Crippen LogP contribution in [0.4, 0.5) is 4.79 Å². The van der Waals surface area contributed by atoms with E-state index in [-0.39, 0.29) is 6.42 Å². The Balaban J connectivity index is 2.21. The molecule has 28 heavy (non-hydrogen) atoms. The SMILES string of the molecule is CC(NC(=O)C(Cc1c[nH]c2ccccc12)NC(=O)OC(C)(C)C)C(=O)NN. The van der Waals surface area contributed by atoms with E-state index in [1.165, 1.54) is 6.92 Å². The number of amides is 3. The van der Waals surface area contributed by atoms with E-state index in [4.69, 9.17) is 10.6 Å². The minimum absolute atomic E-state index is 0.214. The summed E-state index contributed by atoms with van der Waals surface area (Å²) in [6, 6.07) is 5.84. The fourth-order valence-electron chi connectivity index (χ4n) is 2.68. The van der Waals surface area contributed by atoms with Gasteiger partial charge in [-0.25, -0.2) is 10.6 Å². The summed E-state index contributed by atoms with van der Waals surface area (Å²) in [4.78, 5) is 39.7. The van der Waals surface area contributed by atoms with E-state index in [1.54, 1.807) is 27.0 Å². The third kappa shape index (κ3) is 5.71. The largest absolute Gasteiger partial charge is 0.444 e. The number of carbonyl (C=O) groups excluding carboxylic acids is 3. The van der Waals surface area contributed by atoms with E-state index in [2.05, 4.69) is 15.6 Å². The number of hydrazine groups is 1. The lowest BCUT2D eigenvalue weighted by Crippen LogP contribution is -2.54. The number of nitrogens with two attached hydrogens (primary N) is 1. The summed E-state index contributed by atoms with van der Waals surface area (Å²) < 4.78 is 5.26. The molecule has 0 aliphatic rings. The zero-order valence-electron chi connectivity index (χ0n) is 16.5. The molecule has 0 aliphatic carbocycles. The molecule has 9 nitrogen and oxygen atoms in total. The lowest BCUT2D eigenvalue weighted by Gasteiger charge is -2.24. The predicted octanol–water partition coefficient (Wildman–Crippen LogP) is 1.10. The number of para-hydroxylation sites is 1. The Morgan fingerprint density at radius 1 is 1.14 bits per heavy atom. The molecule has 2 unspecified atom stereocenters. The molecule has 2 atom stereocenters. The van der Waals surface area contributed by atoms with Gasteiger partial charge >= 0.3 is 6.09 Å². The molecular formula is C19H27N5O4. The summed E-state index contributed by atoms with van der Waals surface area (Å²) in [6.45, 7) is 6.69. The van der Waals surface area contributed by atoms with Crippen LogP contribution in [0.25, 0.3) is 10.9 Å². The van der Waals surface area contributed by atoms with Crippen LogP contribution in [0, 0.1) is 0 Å². The number of nitrogens with one attached hydrogen (secondary N) is 4. The number of rotatable bonds is 6. The molecule has 0 saturated heterocycles. The first-order chi connectivity index (χ1) is 13.1. The molecule has 1 aromatic heterocycles. The van der Waals surface area contributed by atoms with Crippen LogP contribution in [0.1, 0.15) is 33.3 Å². The van der Waals surface area contributed by atoms with Gasteiger partial charge in [0, 0.05) is 23.5 Å². The van der Waals surface area contributed by atoms with Crippen molar-refractivity contribution < 1.29 is 19.1 Å². The molecule has 0 spiro atoms. The Labute approximate surface area is 163 Å². The number of alkyl carbamates (subject to hydrolysis) is 1. The first kappa shape index (κ1) is 21.2. The summed E-state index contributed by atoms with van der Waals surface area (Å²) in [5.41, 5.74) is 3.04. The van der Waals surface area contributed by atoms with Crippen LogP contribution in [0.2, 0.25) is 0 Å². The molecule has 3 amide bonds. The molecule has 2 aromatic rings. The molecule has 0 radical (unpaired) electrons. The molecule has 0 aliphatic heterocycles. The second-order valence-electron chi connectivity index (χ2n) is 7.50. The number of hydrogen-bond acceptors (Lipinski definition) is 5. The number of ether oxygens (including phenoxy) is 1. The van der Waals surface area contributed by atoms with E-state index in [1.807, 2.05) is 29.7 Å². The van der Waals surface area contributed by atoms with Gasteiger partial charge in [0.15, 0.2) is 0 Å². The lowest BCUT2D eigenvalue weighted by atomic mass is 10.0. The van der Waals surface area contributed by atoms with Crippen molar-refractivity contribution >= 4 is 28.8 Å².